The molecule has 1 fully saturated rings. The van der Waals surface area contributed by atoms with Crippen molar-refractivity contribution in [2.45, 2.75) is 76.0 Å². The molecule has 2 aliphatic carbocycles. The summed E-state index contributed by atoms with van der Waals surface area (Å²) in [6.45, 7) is 10.6. The predicted molar refractivity (Wildman–Crippen MR) is 222 cm³/mol. The molecule has 0 saturated heterocycles. The highest BCUT2D eigenvalue weighted by molar-refractivity contribution is 6.03. The molecule has 57 heavy (non-hydrogen) atoms. The lowest BCUT2D eigenvalue weighted by atomic mass is 9.55. The van der Waals surface area contributed by atoms with Gasteiger partial charge >= 0.3 is 6.09 Å². The van der Waals surface area contributed by atoms with E-state index in [1.807, 2.05) is 49.4 Å². The maximum absolute atomic E-state index is 13.8. The van der Waals surface area contributed by atoms with Crippen LogP contribution in [0.5, 0.6) is 17.2 Å². The standard InChI is InChI=1S/C47H58N2O8/c1-5-8-29-53-46(52)49(4)43-32-41(48-55-7-3)39-30-35(18-12-14-26-50)38(19-13-15-27-51)44-40-31-37(24-25-42(40)57-47(43,45(39)44)54-28-6-2)56-36-22-20-34(21-23-36)33-16-10-9-11-17-33/h5-6,9-11,16-17,20-25,30-31,35,38,43-45,50-51H,1-2,7-8,12-15,18-19,26-29,32H2,3-4H3/t35-,38+,43-,44+,45+,47+/m0/s1. The van der Waals surface area contributed by atoms with E-state index in [1.54, 1.807) is 24.1 Å². The lowest BCUT2D eigenvalue weighted by molar-refractivity contribution is -0.253. The first kappa shape index (κ1) is 41.7. The summed E-state index contributed by atoms with van der Waals surface area (Å²) in [5, 5.41) is 24.4. The minimum absolute atomic E-state index is 0.0932. The van der Waals surface area contributed by atoms with Crippen LogP contribution in [0.4, 0.5) is 4.79 Å². The molecule has 10 nitrogen and oxygen atoms in total. The SMILES string of the molecule is C=CCCOC(=O)N(C)[C@H]1CC(=NOCC)C2=C[C@H](CCCCO)[C@@H](CCCCO)[C@@H]3c4cc(Oc5ccc(-c6ccccc6)cc5)ccc4O[C@@]1(OCC=C)[C@H]23. The van der Waals surface area contributed by atoms with Gasteiger partial charge in [-0.15, -0.1) is 13.2 Å². The van der Waals surface area contributed by atoms with Gasteiger partial charge in [-0.05, 0) is 97.9 Å². The minimum atomic E-state index is -1.35. The van der Waals surface area contributed by atoms with Crippen LogP contribution in [0, 0.1) is 17.8 Å². The number of oxime groups is 1. The molecule has 1 saturated carbocycles. The van der Waals surface area contributed by atoms with E-state index >= 15 is 0 Å². The van der Waals surface area contributed by atoms with E-state index in [-0.39, 0.29) is 44.2 Å². The Hall–Kier alpha value is -4.90. The maximum atomic E-state index is 13.8. The van der Waals surface area contributed by atoms with Crippen molar-refractivity contribution in [3.8, 4) is 28.4 Å². The molecule has 3 aliphatic rings. The van der Waals surface area contributed by atoms with Crippen LogP contribution in [0.2, 0.25) is 0 Å². The summed E-state index contributed by atoms with van der Waals surface area (Å²) in [5.41, 5.74) is 4.92. The quantitative estimate of drug-likeness (QED) is 0.0662. The number of rotatable bonds is 20. The van der Waals surface area contributed by atoms with Crippen molar-refractivity contribution in [2.75, 3.05) is 40.1 Å². The number of unbranched alkanes of at least 4 members (excludes halogenated alkanes) is 2. The molecule has 0 aromatic heterocycles. The van der Waals surface area contributed by atoms with Gasteiger partial charge in [-0.2, -0.15) is 0 Å². The van der Waals surface area contributed by atoms with Crippen LogP contribution in [0.3, 0.4) is 0 Å². The van der Waals surface area contributed by atoms with Gasteiger partial charge in [0.25, 0.3) is 0 Å². The molecule has 0 spiro atoms. The van der Waals surface area contributed by atoms with E-state index in [2.05, 4.69) is 49.6 Å². The third-order valence-electron chi connectivity index (χ3n) is 11.4. The normalized spacial score (nSPS) is 24.0. The van der Waals surface area contributed by atoms with Gasteiger partial charge in [0.1, 0.15) is 29.9 Å². The summed E-state index contributed by atoms with van der Waals surface area (Å²) in [7, 11) is 1.72. The Morgan fingerprint density at radius 3 is 2.37 bits per heavy atom. The van der Waals surface area contributed by atoms with Crippen molar-refractivity contribution in [3.63, 3.8) is 0 Å². The lowest BCUT2D eigenvalue weighted by Gasteiger charge is -2.59. The zero-order chi connectivity index (χ0) is 40.2. The second kappa shape index (κ2) is 20.0. The van der Waals surface area contributed by atoms with E-state index in [4.69, 9.17) is 28.9 Å². The topological polar surface area (TPSA) is 119 Å². The molecule has 2 N–H and O–H groups in total. The monoisotopic (exact) mass is 778 g/mol. The minimum Gasteiger partial charge on any atom is -0.459 e. The third kappa shape index (κ3) is 9.30. The van der Waals surface area contributed by atoms with Crippen LogP contribution in [0.25, 0.3) is 11.1 Å². The maximum Gasteiger partial charge on any atom is 0.409 e. The van der Waals surface area contributed by atoms with Gasteiger partial charge < -0.3 is 38.9 Å². The van der Waals surface area contributed by atoms with E-state index in [9.17, 15) is 15.0 Å². The van der Waals surface area contributed by atoms with Crippen LogP contribution in [-0.4, -0.2) is 78.8 Å². The highest BCUT2D eigenvalue weighted by atomic mass is 16.7. The Balaban J connectivity index is 1.50. The average molecular weight is 779 g/mol. The van der Waals surface area contributed by atoms with Crippen LogP contribution in [0.15, 0.2) is 115 Å². The summed E-state index contributed by atoms with van der Waals surface area (Å²) in [4.78, 5) is 21.1. The molecular weight excluding hydrogens is 721 g/mol. The Morgan fingerprint density at radius 1 is 0.947 bits per heavy atom. The van der Waals surface area contributed by atoms with Gasteiger partial charge in [0.05, 0.1) is 24.8 Å². The van der Waals surface area contributed by atoms with Gasteiger partial charge in [-0.3, -0.25) is 0 Å². The molecule has 6 atom stereocenters. The van der Waals surface area contributed by atoms with Crippen molar-refractivity contribution in [1.82, 2.24) is 4.90 Å². The first-order chi connectivity index (χ1) is 27.9. The number of carbonyl (C=O) groups is 1. The van der Waals surface area contributed by atoms with Crippen molar-refractivity contribution >= 4 is 11.8 Å². The first-order valence-corrected chi connectivity index (χ1v) is 20.4. The molecule has 304 valence electrons. The number of fused-ring (bicyclic) bond motifs is 2. The number of carbonyl (C=O) groups excluding carboxylic acids is 1. The molecular formula is C47H58N2O8. The fourth-order valence-corrected chi connectivity index (χ4v) is 8.87. The third-order valence-corrected chi connectivity index (χ3v) is 11.4. The second-order valence-corrected chi connectivity index (χ2v) is 15.0. The fraction of sp³-hybridized carbons (Fsp3) is 0.447. The molecule has 10 heteroatoms. The first-order valence-electron chi connectivity index (χ1n) is 20.4. The van der Waals surface area contributed by atoms with E-state index in [0.717, 1.165) is 53.7 Å². The smallest absolute Gasteiger partial charge is 0.409 e. The molecule has 3 aromatic carbocycles. The van der Waals surface area contributed by atoms with Crippen LogP contribution >= 0.6 is 0 Å². The number of ether oxygens (including phenoxy) is 4. The number of benzene rings is 3. The number of hydrogen-bond donors (Lipinski definition) is 2. The second-order valence-electron chi connectivity index (χ2n) is 15.0. The largest absolute Gasteiger partial charge is 0.459 e. The summed E-state index contributed by atoms with van der Waals surface area (Å²) >= 11 is 0. The van der Waals surface area contributed by atoms with Crippen LogP contribution in [0.1, 0.15) is 69.8 Å². The van der Waals surface area contributed by atoms with Crippen molar-refractivity contribution in [1.29, 1.82) is 0 Å². The van der Waals surface area contributed by atoms with Gasteiger partial charge in [0.15, 0.2) is 0 Å². The number of allylic oxidation sites excluding steroid dienone is 1. The van der Waals surface area contributed by atoms with Crippen LogP contribution in [-0.2, 0) is 14.3 Å². The zero-order valence-corrected chi connectivity index (χ0v) is 33.4. The molecule has 0 radical (unpaired) electrons. The summed E-state index contributed by atoms with van der Waals surface area (Å²) in [6, 6.07) is 23.6. The summed E-state index contributed by atoms with van der Waals surface area (Å²) in [6.07, 6.45) is 10.8. The average Bonchev–Trinajstić information content (AvgIpc) is 3.24. The number of nitrogens with zero attached hydrogens (tertiary/aromatic N) is 2. The van der Waals surface area contributed by atoms with Gasteiger partial charge in [0.2, 0.25) is 5.79 Å². The van der Waals surface area contributed by atoms with Crippen LogP contribution < -0.4 is 9.47 Å². The van der Waals surface area contributed by atoms with E-state index < -0.39 is 23.8 Å². The number of likely N-dealkylation sites (N-methyl/N-ethyl adjacent to an activating group) is 1. The summed E-state index contributed by atoms with van der Waals surface area (Å²) in [5.74, 6) is 0.311. The Labute approximate surface area is 337 Å². The number of aliphatic hydroxyl groups excluding tert-OH is 2. The van der Waals surface area contributed by atoms with E-state index in [0.29, 0.717) is 49.5 Å². The molecule has 1 heterocycles. The van der Waals surface area contributed by atoms with E-state index in [1.165, 1.54) is 0 Å². The molecule has 0 bridgehead atoms. The van der Waals surface area contributed by atoms with Crippen molar-refractivity contribution in [3.05, 3.63) is 115 Å². The fourth-order valence-electron chi connectivity index (χ4n) is 8.87. The Kier molecular flexibility index (Phi) is 14.6. The van der Waals surface area contributed by atoms with Gasteiger partial charge in [-0.1, -0.05) is 78.7 Å². The van der Waals surface area contributed by atoms with Crippen molar-refractivity contribution in [2.24, 2.45) is 22.9 Å². The highest BCUT2D eigenvalue weighted by Crippen LogP contribution is 2.62. The van der Waals surface area contributed by atoms with Gasteiger partial charge in [0, 0.05) is 38.2 Å². The molecule has 1 amide bonds. The summed E-state index contributed by atoms with van der Waals surface area (Å²) < 4.78 is 26.4. The molecule has 0 unspecified atom stereocenters. The molecule has 6 rings (SSSR count). The lowest BCUT2D eigenvalue weighted by Crippen LogP contribution is -2.69. The number of hydrogen-bond acceptors (Lipinski definition) is 9. The van der Waals surface area contributed by atoms with Crippen molar-refractivity contribution < 1.29 is 38.8 Å². The highest BCUT2D eigenvalue weighted by Gasteiger charge is 2.65. The predicted octanol–water partition coefficient (Wildman–Crippen LogP) is 9.44. The molecule has 3 aromatic rings. The van der Waals surface area contributed by atoms with Gasteiger partial charge in [-0.25, -0.2) is 4.79 Å². The Bertz CT molecular complexity index is 1860. The Morgan fingerprint density at radius 2 is 1.67 bits per heavy atom. The number of aliphatic hydroxyl groups is 2. The zero-order valence-electron chi connectivity index (χ0n) is 33.4. The number of amides is 1. The molecule has 1 aliphatic heterocycles.